The number of hydrogen-bond donors (Lipinski definition) is 1. The van der Waals surface area contributed by atoms with E-state index < -0.39 is 0 Å². The van der Waals surface area contributed by atoms with Gasteiger partial charge in [0.15, 0.2) is 0 Å². The molecule has 1 rings (SSSR count). The van der Waals surface area contributed by atoms with Crippen LogP contribution in [0.3, 0.4) is 0 Å². The van der Waals surface area contributed by atoms with E-state index in [-0.39, 0.29) is 0 Å². The zero-order valence-corrected chi connectivity index (χ0v) is 12.0. The maximum atomic E-state index is 5.68. The monoisotopic (exact) mass is 253 g/mol. The Balaban J connectivity index is 2.79. The zero-order chi connectivity index (χ0) is 12.7. The van der Waals surface area contributed by atoms with Gasteiger partial charge in [-0.2, -0.15) is 11.8 Å². The van der Waals surface area contributed by atoms with Crippen LogP contribution in [0.4, 0.5) is 0 Å². The Kier molecular flexibility index (Phi) is 6.45. The van der Waals surface area contributed by atoms with Gasteiger partial charge in [0.05, 0.1) is 6.61 Å². The van der Waals surface area contributed by atoms with Crippen molar-refractivity contribution in [1.29, 1.82) is 0 Å². The highest BCUT2D eigenvalue weighted by atomic mass is 32.2. The third-order valence-corrected chi connectivity index (χ3v) is 3.73. The highest BCUT2D eigenvalue weighted by Gasteiger charge is 2.14. The van der Waals surface area contributed by atoms with E-state index in [1.165, 1.54) is 5.56 Å². The molecule has 0 saturated heterocycles. The molecule has 0 heterocycles. The van der Waals surface area contributed by atoms with Gasteiger partial charge >= 0.3 is 0 Å². The average molecular weight is 253 g/mol. The second-order valence-electron chi connectivity index (χ2n) is 4.19. The lowest BCUT2D eigenvalue weighted by Crippen LogP contribution is -2.20. The molecule has 96 valence electrons. The lowest BCUT2D eigenvalue weighted by Gasteiger charge is -2.20. The number of thioether (sulfide) groups is 1. The number of nitrogens with one attached hydrogen (secondary N) is 1. The van der Waals surface area contributed by atoms with E-state index in [4.69, 9.17) is 4.74 Å². The fraction of sp³-hybridized carbons (Fsp3) is 0.571. The Hall–Kier alpha value is -0.670. The number of rotatable bonds is 7. The second kappa shape index (κ2) is 7.62. The van der Waals surface area contributed by atoms with Crippen molar-refractivity contribution in [2.24, 2.45) is 0 Å². The van der Waals surface area contributed by atoms with Gasteiger partial charge in [-0.1, -0.05) is 32.0 Å². The standard InChI is InChI=1S/C14H23NOS/c1-5-16-14-9-7-6-8-12(14)13(15-4)10-17-11(2)3/h6-9,11,13,15H,5,10H2,1-4H3. The number of benzene rings is 1. The molecule has 0 aliphatic rings. The Morgan fingerprint density at radius 3 is 2.59 bits per heavy atom. The van der Waals surface area contributed by atoms with E-state index in [1.54, 1.807) is 0 Å². The van der Waals surface area contributed by atoms with Crippen molar-refractivity contribution < 1.29 is 4.74 Å². The largest absolute Gasteiger partial charge is 0.494 e. The summed E-state index contributed by atoms with van der Waals surface area (Å²) in [6, 6.07) is 8.64. The van der Waals surface area contributed by atoms with Crippen LogP contribution < -0.4 is 10.1 Å². The van der Waals surface area contributed by atoms with Crippen molar-refractivity contribution in [3.05, 3.63) is 29.8 Å². The molecule has 2 nitrogen and oxygen atoms in total. The quantitative estimate of drug-likeness (QED) is 0.804. The fourth-order valence-corrected chi connectivity index (χ4v) is 2.60. The van der Waals surface area contributed by atoms with Gasteiger partial charge < -0.3 is 10.1 Å². The molecular formula is C14H23NOS. The number of para-hydroxylation sites is 1. The van der Waals surface area contributed by atoms with Gasteiger partial charge in [0.1, 0.15) is 5.75 Å². The van der Waals surface area contributed by atoms with E-state index >= 15 is 0 Å². The minimum Gasteiger partial charge on any atom is -0.494 e. The van der Waals surface area contributed by atoms with Crippen LogP contribution in [0.2, 0.25) is 0 Å². The van der Waals surface area contributed by atoms with Crippen molar-refractivity contribution in [3.63, 3.8) is 0 Å². The summed E-state index contributed by atoms with van der Waals surface area (Å²) in [5.74, 6) is 2.07. The number of hydrogen-bond acceptors (Lipinski definition) is 3. The topological polar surface area (TPSA) is 21.3 Å². The van der Waals surface area contributed by atoms with Crippen molar-refractivity contribution in [3.8, 4) is 5.75 Å². The Morgan fingerprint density at radius 1 is 1.29 bits per heavy atom. The Morgan fingerprint density at radius 2 is 2.00 bits per heavy atom. The van der Waals surface area contributed by atoms with Gasteiger partial charge in [0, 0.05) is 17.4 Å². The highest BCUT2D eigenvalue weighted by Crippen LogP contribution is 2.28. The summed E-state index contributed by atoms with van der Waals surface area (Å²) < 4.78 is 5.68. The summed E-state index contributed by atoms with van der Waals surface area (Å²) in [5, 5.41) is 4.03. The summed E-state index contributed by atoms with van der Waals surface area (Å²) in [6.07, 6.45) is 0. The molecule has 1 unspecified atom stereocenters. The first-order valence-corrected chi connectivity index (χ1v) is 7.24. The van der Waals surface area contributed by atoms with Crippen LogP contribution in [0.15, 0.2) is 24.3 Å². The van der Waals surface area contributed by atoms with Crippen LogP contribution in [-0.4, -0.2) is 24.7 Å². The molecule has 1 aromatic rings. The third-order valence-electron chi connectivity index (χ3n) is 2.54. The maximum Gasteiger partial charge on any atom is 0.124 e. The predicted octanol–water partition coefficient (Wildman–Crippen LogP) is 3.49. The second-order valence-corrected chi connectivity index (χ2v) is 5.80. The van der Waals surface area contributed by atoms with E-state index in [2.05, 4.69) is 31.3 Å². The van der Waals surface area contributed by atoms with Crippen LogP contribution in [0.25, 0.3) is 0 Å². The molecule has 3 heteroatoms. The molecule has 0 saturated carbocycles. The molecule has 1 atom stereocenters. The summed E-state index contributed by atoms with van der Waals surface area (Å²) in [6.45, 7) is 7.19. The summed E-state index contributed by atoms with van der Waals surface area (Å²) in [5.41, 5.74) is 1.25. The fourth-order valence-electron chi connectivity index (χ4n) is 1.67. The predicted molar refractivity (Wildman–Crippen MR) is 77.0 cm³/mol. The average Bonchev–Trinajstić information content (AvgIpc) is 2.32. The minimum absolute atomic E-state index is 0.352. The van der Waals surface area contributed by atoms with Gasteiger partial charge in [-0.25, -0.2) is 0 Å². The lowest BCUT2D eigenvalue weighted by atomic mass is 10.1. The van der Waals surface area contributed by atoms with Crippen molar-refractivity contribution in [2.45, 2.75) is 32.1 Å². The van der Waals surface area contributed by atoms with Crippen LogP contribution in [0.5, 0.6) is 5.75 Å². The van der Waals surface area contributed by atoms with Gasteiger partial charge in [0.25, 0.3) is 0 Å². The zero-order valence-electron chi connectivity index (χ0n) is 11.2. The van der Waals surface area contributed by atoms with E-state index in [1.807, 2.05) is 37.9 Å². The van der Waals surface area contributed by atoms with E-state index in [0.717, 1.165) is 11.5 Å². The molecule has 0 amide bonds. The summed E-state index contributed by atoms with van der Waals surface area (Å²) in [4.78, 5) is 0. The van der Waals surface area contributed by atoms with Crippen LogP contribution in [-0.2, 0) is 0 Å². The van der Waals surface area contributed by atoms with Gasteiger partial charge in [-0.05, 0) is 25.3 Å². The Labute approximate surface area is 109 Å². The van der Waals surface area contributed by atoms with Crippen LogP contribution in [0.1, 0.15) is 32.4 Å². The molecule has 0 spiro atoms. The molecule has 0 aliphatic heterocycles. The lowest BCUT2D eigenvalue weighted by molar-refractivity contribution is 0.333. The first kappa shape index (κ1) is 14.4. The molecule has 0 aliphatic carbocycles. The van der Waals surface area contributed by atoms with Gasteiger partial charge in [-0.15, -0.1) is 0 Å². The molecule has 17 heavy (non-hydrogen) atoms. The van der Waals surface area contributed by atoms with Crippen molar-refractivity contribution in [1.82, 2.24) is 5.32 Å². The van der Waals surface area contributed by atoms with Crippen molar-refractivity contribution in [2.75, 3.05) is 19.4 Å². The maximum absolute atomic E-state index is 5.68. The number of ether oxygens (including phenoxy) is 1. The van der Waals surface area contributed by atoms with E-state index in [9.17, 15) is 0 Å². The molecule has 0 fully saturated rings. The highest BCUT2D eigenvalue weighted by molar-refractivity contribution is 7.99. The smallest absolute Gasteiger partial charge is 0.124 e. The summed E-state index contributed by atoms with van der Waals surface area (Å²) in [7, 11) is 2.01. The molecular weight excluding hydrogens is 230 g/mol. The van der Waals surface area contributed by atoms with Gasteiger partial charge in [0.2, 0.25) is 0 Å². The summed E-state index contributed by atoms with van der Waals surface area (Å²) >= 11 is 1.97. The molecule has 1 aromatic carbocycles. The van der Waals surface area contributed by atoms with Gasteiger partial charge in [-0.3, -0.25) is 0 Å². The van der Waals surface area contributed by atoms with E-state index in [0.29, 0.717) is 17.9 Å². The molecule has 0 aromatic heterocycles. The van der Waals surface area contributed by atoms with Crippen LogP contribution in [0, 0.1) is 0 Å². The molecule has 0 bridgehead atoms. The van der Waals surface area contributed by atoms with Crippen LogP contribution >= 0.6 is 11.8 Å². The first-order valence-electron chi connectivity index (χ1n) is 6.19. The minimum atomic E-state index is 0.352. The third kappa shape index (κ3) is 4.60. The molecule has 1 N–H and O–H groups in total. The SMILES string of the molecule is CCOc1ccccc1C(CSC(C)C)NC. The molecule has 0 radical (unpaired) electrons. The van der Waals surface area contributed by atoms with Crippen molar-refractivity contribution >= 4 is 11.8 Å². The normalized spacial score (nSPS) is 12.8. The first-order chi connectivity index (χ1) is 8.19. The Bertz CT molecular complexity index is 328.